The number of ether oxygens (including phenoxy) is 8. The largest absolute Gasteiger partial charge is 0.493 e. The third-order valence-corrected chi connectivity index (χ3v) is 14.7. The van der Waals surface area contributed by atoms with E-state index < -0.39 is 30.2 Å². The molecule has 25 heteroatoms. The Bertz CT molecular complexity index is 4300. The van der Waals surface area contributed by atoms with Crippen molar-refractivity contribution in [3.63, 3.8) is 0 Å². The highest BCUT2D eigenvalue weighted by Crippen LogP contribution is 2.38. The Morgan fingerprint density at radius 2 is 0.904 bits per heavy atom. The number of aromatic nitrogens is 6. The first-order valence-corrected chi connectivity index (χ1v) is 29.0. The summed E-state index contributed by atoms with van der Waals surface area (Å²) in [4.78, 5) is 51.7. The van der Waals surface area contributed by atoms with Gasteiger partial charge in [-0.1, -0.05) is 54.6 Å². The Labute approximate surface area is 534 Å². The van der Waals surface area contributed by atoms with Gasteiger partial charge in [0.25, 0.3) is 0 Å². The zero-order valence-electron chi connectivity index (χ0n) is 51.3. The first-order chi connectivity index (χ1) is 45.2. The summed E-state index contributed by atoms with van der Waals surface area (Å²) in [6.07, 6.45) is -1.95. The van der Waals surface area contributed by atoms with E-state index in [-0.39, 0.29) is 0 Å². The minimum Gasteiger partial charge on any atom is -0.493 e. The number of fused-ring (bicyclic) bond motifs is 5. The predicted octanol–water partition coefficient (Wildman–Crippen LogP) is 13.8. The number of hydrogen-bond donors (Lipinski definition) is 5. The second-order valence-corrected chi connectivity index (χ2v) is 21.1. The summed E-state index contributed by atoms with van der Waals surface area (Å²) in [6, 6.07) is 51.7. The van der Waals surface area contributed by atoms with Gasteiger partial charge in [-0.15, -0.1) is 0 Å². The number of Topliss-reactive ketones (excluding diaryl/α,β-unsaturated/α-hetero) is 2. The number of alkyl halides is 6. The minimum absolute atomic E-state index is 0.373. The number of aromatic amines is 3. The Morgan fingerprint density at radius 1 is 0.511 bits per heavy atom. The van der Waals surface area contributed by atoms with Crippen molar-refractivity contribution in [1.29, 1.82) is 0 Å². The van der Waals surface area contributed by atoms with Gasteiger partial charge in [0.2, 0.25) is 0 Å². The van der Waals surface area contributed by atoms with Gasteiger partial charge < -0.3 is 63.9 Å². The lowest BCUT2D eigenvalue weighted by atomic mass is 10.1. The molecule has 3 aromatic heterocycles. The van der Waals surface area contributed by atoms with Crippen LogP contribution in [-0.2, 0) is 51.3 Å². The molecular weight excluding hydrogens is 1230 g/mol. The maximum atomic E-state index is 11.2. The van der Waals surface area contributed by atoms with E-state index in [9.17, 15) is 40.7 Å². The molecule has 94 heavy (non-hydrogen) atoms. The molecule has 19 nitrogen and oxygen atoms in total. The Kier molecular flexibility index (Phi) is 22.5. The number of nitrogens with one attached hydrogen (secondary N) is 4. The van der Waals surface area contributed by atoms with Crippen LogP contribution in [-0.4, -0.2) is 108 Å². The highest BCUT2D eigenvalue weighted by Gasteiger charge is 2.54. The number of methoxy groups -OCH3 is 5. The van der Waals surface area contributed by atoms with Crippen LogP contribution in [0.4, 0.5) is 26.3 Å². The van der Waals surface area contributed by atoms with Gasteiger partial charge in [0.05, 0.1) is 73.4 Å². The predicted molar refractivity (Wildman–Crippen MR) is 338 cm³/mol. The van der Waals surface area contributed by atoms with Crippen LogP contribution in [0, 0.1) is 0 Å². The van der Waals surface area contributed by atoms with Crippen LogP contribution >= 0.6 is 0 Å². The van der Waals surface area contributed by atoms with Crippen molar-refractivity contribution in [3.8, 4) is 51.7 Å². The van der Waals surface area contributed by atoms with E-state index in [2.05, 4.69) is 89.8 Å². The highest BCUT2D eigenvalue weighted by atomic mass is 19.4. The summed E-state index contributed by atoms with van der Waals surface area (Å²) in [5.41, 5.74) is 19.6. The number of carbonyl (C=O) groups is 3. The van der Waals surface area contributed by atoms with Crippen molar-refractivity contribution in [1.82, 2.24) is 35.2 Å². The van der Waals surface area contributed by atoms with Crippen LogP contribution in [0.25, 0.3) is 33.1 Å². The number of halogens is 6. The molecule has 13 rings (SSSR count). The molecule has 2 aliphatic carbocycles. The second-order valence-electron chi connectivity index (χ2n) is 21.1. The van der Waals surface area contributed by atoms with E-state index in [0.717, 1.165) is 88.7 Å². The molecule has 0 bridgehead atoms. The van der Waals surface area contributed by atoms with Crippen molar-refractivity contribution in [2.45, 2.75) is 63.0 Å². The molecule has 0 unspecified atom stereocenters. The molecule has 0 aliphatic heterocycles. The maximum Gasteiger partial charge on any atom is 0.458 e. The fourth-order valence-corrected chi connectivity index (χ4v) is 10.2. The summed E-state index contributed by atoms with van der Waals surface area (Å²) >= 11 is 0. The van der Waals surface area contributed by atoms with Crippen LogP contribution in [0.15, 0.2) is 177 Å². The molecule has 0 atom stereocenters. The molecule has 3 heterocycles. The maximum absolute atomic E-state index is 11.2. The lowest BCUT2D eigenvalue weighted by Gasteiger charge is -2.16. The summed E-state index contributed by atoms with van der Waals surface area (Å²) in [6.45, 7) is 0.801. The van der Waals surface area contributed by atoms with Gasteiger partial charge in [0, 0.05) is 62.2 Å². The first-order valence-electron chi connectivity index (χ1n) is 29.0. The number of ketones is 2. The number of carbonyl (C=O) groups excluding carboxylic acids is 3. The zero-order chi connectivity index (χ0) is 66.9. The number of nitrogens with two attached hydrogens (primary N) is 1. The van der Waals surface area contributed by atoms with Gasteiger partial charge in [0.1, 0.15) is 23.5 Å². The molecule has 2 aliphatic rings. The lowest BCUT2D eigenvalue weighted by Crippen LogP contribution is -2.39. The van der Waals surface area contributed by atoms with Crippen LogP contribution in [0.5, 0.6) is 51.7 Å². The Hall–Kier alpha value is -10.6. The van der Waals surface area contributed by atoms with Gasteiger partial charge in [-0.3, -0.25) is 14.4 Å². The highest BCUT2D eigenvalue weighted by molar-refractivity contribution is 6.41. The summed E-state index contributed by atoms with van der Waals surface area (Å²) in [5, 5.41) is 3.68. The third-order valence-electron chi connectivity index (χ3n) is 14.7. The molecular formula is C69H64F6N8O11. The summed E-state index contributed by atoms with van der Waals surface area (Å²) < 4.78 is 111. The fourth-order valence-electron chi connectivity index (χ4n) is 10.2. The van der Waals surface area contributed by atoms with Gasteiger partial charge >= 0.3 is 23.9 Å². The van der Waals surface area contributed by atoms with Gasteiger partial charge in [-0.05, 0) is 138 Å². The number of benzene rings is 8. The third kappa shape index (κ3) is 17.7. The summed E-state index contributed by atoms with van der Waals surface area (Å²) in [5.74, 6) is -1.00. The van der Waals surface area contributed by atoms with E-state index in [1.54, 1.807) is 65.6 Å². The molecule has 11 aromatic rings. The number of imidazole rings is 3. The smallest absolute Gasteiger partial charge is 0.458 e. The molecule has 0 spiro atoms. The average molecular weight is 1300 g/mol. The van der Waals surface area contributed by atoms with Crippen molar-refractivity contribution in [3.05, 3.63) is 216 Å². The topological polar surface area (TPSA) is 249 Å². The second kappa shape index (κ2) is 31.1. The minimum atomic E-state index is -5.77. The SMILES string of the molecule is COc1cc(C(OC)OC)ccc1Oc1ccc2nc[nH]c2c1.COc1cc(C=O)ccc1Oc1ccc2nc[nH]c2c1.COc1cc(CNC2Cc3ccccc3C2)ccc1Oc1ccc2nc[nH]c2c1.NC1Cc2ccccc2C1.O=C(C(=O)C(F)(F)F)C(F)(F)F. The molecule has 0 saturated heterocycles. The molecule has 0 amide bonds. The number of aldehydes is 1. The lowest BCUT2D eigenvalue weighted by molar-refractivity contribution is -0.193. The van der Waals surface area contributed by atoms with Gasteiger partial charge in [-0.25, -0.2) is 15.0 Å². The van der Waals surface area contributed by atoms with Crippen molar-refractivity contribution >= 4 is 51.0 Å². The van der Waals surface area contributed by atoms with E-state index in [1.807, 2.05) is 84.9 Å². The Balaban J connectivity index is 0.000000145. The average Bonchev–Trinajstić information content (AvgIpc) is 1.36. The molecule has 0 radical (unpaired) electrons. The van der Waals surface area contributed by atoms with Gasteiger partial charge in [0.15, 0.2) is 40.8 Å². The van der Waals surface area contributed by atoms with Crippen molar-refractivity contribution < 1.29 is 78.6 Å². The first kappa shape index (κ1) is 67.8. The molecule has 488 valence electrons. The van der Waals surface area contributed by atoms with E-state index >= 15 is 0 Å². The van der Waals surface area contributed by atoms with Crippen LogP contribution in [0.2, 0.25) is 0 Å². The van der Waals surface area contributed by atoms with E-state index in [4.69, 9.17) is 43.6 Å². The van der Waals surface area contributed by atoms with E-state index in [1.165, 1.54) is 34.9 Å². The number of H-pyrrole nitrogens is 3. The quantitative estimate of drug-likeness (QED) is 0.0246. The van der Waals surface area contributed by atoms with Crippen LogP contribution < -0.4 is 39.5 Å². The van der Waals surface area contributed by atoms with Gasteiger partial charge in [-0.2, -0.15) is 26.3 Å². The number of nitrogens with zero attached hydrogens (tertiary/aromatic N) is 3. The van der Waals surface area contributed by atoms with Crippen LogP contribution in [0.1, 0.15) is 50.0 Å². The number of rotatable bonds is 17. The van der Waals surface area contributed by atoms with E-state index in [0.29, 0.717) is 57.9 Å². The molecule has 0 fully saturated rings. The monoisotopic (exact) mass is 1290 g/mol. The van der Waals surface area contributed by atoms with Crippen LogP contribution in [0.3, 0.4) is 0 Å². The molecule has 0 saturated carbocycles. The standard InChI is InChI=1S/C24H23N3O2.C17H18N2O4.C15H12N2O3.C9H11N.C4F6O2/c1-28-24-10-16(14-25-19-11-17-4-2-3-5-18(17)12-19)6-9-23(24)29-20-7-8-21-22(13-20)27-15-26-21;1-20-16-8-11(17(21-2)22-3)4-7-15(16)23-12-5-6-13-14(9-12)19-10-18-13;1-19-15-6-10(8-18)2-5-14(15)20-11-3-4-12-13(7-11)17-9-16-12;10-9-5-7-3-1-2-4-8(7)6-9;5-3(6,7)1(11)2(12)4(8,9)10/h2-10,13,15,19,25H,11-12,14H2,1H3,(H,26,27);4-10,17H,1-3H3,(H,18,19);2-9H,1H3,(H,16,17);1-4,9H,5-6,10H2;. The Morgan fingerprint density at radius 3 is 1.31 bits per heavy atom. The zero-order valence-corrected chi connectivity index (χ0v) is 51.3. The molecule has 6 N–H and O–H groups in total. The fraction of sp³-hybridized carbons (Fsp3) is 0.217. The van der Waals surface area contributed by atoms with Crippen molar-refractivity contribution in [2.75, 3.05) is 35.5 Å². The molecule has 8 aromatic carbocycles. The van der Waals surface area contributed by atoms with Crippen molar-refractivity contribution in [2.24, 2.45) is 5.73 Å². The normalized spacial score (nSPS) is 12.6. The summed E-state index contributed by atoms with van der Waals surface area (Å²) in [7, 11) is 7.98. The number of hydrogen-bond acceptors (Lipinski definition) is 16.